The van der Waals surface area contributed by atoms with Gasteiger partial charge in [0.25, 0.3) is 0 Å². The van der Waals surface area contributed by atoms with E-state index in [0.29, 0.717) is 0 Å². The van der Waals surface area contributed by atoms with Crippen molar-refractivity contribution in [3.63, 3.8) is 0 Å². The molecule has 7 nitrogen and oxygen atoms in total. The maximum atomic E-state index is 11.4. The van der Waals surface area contributed by atoms with Gasteiger partial charge in [0.2, 0.25) is 5.91 Å². The standard InChI is InChI=1S/C18H31N4O3P/c1-6-14(3)20-26(21-15(4)13-23)25-17-9-8-16(12-17)22(7-2)11-10-18(24)19-5/h6-7,10-11,13-17,20-21H,1-2,8-9,12H2,3-5H3,(H,19,24)/b11-10-. The number of hydrogen-bond donors (Lipinski definition) is 3. The molecule has 3 N–H and O–H groups in total. The van der Waals surface area contributed by atoms with Crippen LogP contribution in [0.2, 0.25) is 0 Å². The number of rotatable bonds is 12. The Hall–Kier alpha value is -1.53. The average Bonchev–Trinajstić information content (AvgIpc) is 3.09. The Bertz CT molecular complexity index is 499. The van der Waals surface area contributed by atoms with Crippen molar-refractivity contribution >= 4 is 20.6 Å². The minimum absolute atomic E-state index is 0.0674. The zero-order chi connectivity index (χ0) is 19.5. The van der Waals surface area contributed by atoms with Gasteiger partial charge in [-0.2, -0.15) is 0 Å². The van der Waals surface area contributed by atoms with Crippen LogP contribution in [-0.4, -0.2) is 48.4 Å². The summed E-state index contributed by atoms with van der Waals surface area (Å²) in [6.07, 6.45) is 10.4. The Morgan fingerprint density at radius 1 is 1.27 bits per heavy atom. The smallest absolute Gasteiger partial charge is 0.245 e. The molecule has 1 rings (SSSR count). The zero-order valence-corrected chi connectivity index (χ0v) is 16.7. The van der Waals surface area contributed by atoms with Gasteiger partial charge in [0.05, 0.1) is 12.1 Å². The van der Waals surface area contributed by atoms with Crippen molar-refractivity contribution < 1.29 is 14.1 Å². The number of nitrogens with one attached hydrogen (secondary N) is 3. The fourth-order valence-electron chi connectivity index (χ4n) is 2.55. The largest absolute Gasteiger partial charge is 0.356 e. The van der Waals surface area contributed by atoms with Crippen LogP contribution >= 0.6 is 8.45 Å². The predicted molar refractivity (Wildman–Crippen MR) is 106 cm³/mol. The first kappa shape index (κ1) is 22.5. The molecule has 0 aromatic rings. The van der Waals surface area contributed by atoms with E-state index in [1.807, 2.05) is 11.8 Å². The molecule has 0 heterocycles. The lowest BCUT2D eigenvalue weighted by atomic mass is 10.2. The normalized spacial score (nSPS) is 23.2. The quantitative estimate of drug-likeness (QED) is 0.208. The molecule has 1 aliphatic rings. The minimum Gasteiger partial charge on any atom is -0.356 e. The van der Waals surface area contributed by atoms with Gasteiger partial charge in [0.15, 0.2) is 8.45 Å². The first-order valence-electron chi connectivity index (χ1n) is 8.80. The Morgan fingerprint density at radius 2 is 1.96 bits per heavy atom. The summed E-state index contributed by atoms with van der Waals surface area (Å²) in [5, 5.41) is 9.05. The molecule has 0 saturated heterocycles. The predicted octanol–water partition coefficient (Wildman–Crippen LogP) is 2.20. The van der Waals surface area contributed by atoms with Crippen LogP contribution in [0.25, 0.3) is 0 Å². The molecule has 0 radical (unpaired) electrons. The molecule has 26 heavy (non-hydrogen) atoms. The summed E-state index contributed by atoms with van der Waals surface area (Å²) in [5.74, 6) is -0.152. The molecule has 5 atom stereocenters. The van der Waals surface area contributed by atoms with Crippen LogP contribution in [0, 0.1) is 0 Å². The molecule has 0 bridgehead atoms. The molecule has 1 fully saturated rings. The van der Waals surface area contributed by atoms with Crippen LogP contribution < -0.4 is 15.5 Å². The Labute approximate surface area is 157 Å². The van der Waals surface area contributed by atoms with E-state index in [2.05, 4.69) is 28.6 Å². The fraction of sp³-hybridized carbons (Fsp3) is 0.556. The highest BCUT2D eigenvalue weighted by Crippen LogP contribution is 2.37. The molecule has 1 amide bonds. The summed E-state index contributed by atoms with van der Waals surface area (Å²) in [7, 11) is 0.440. The minimum atomic E-state index is -1.15. The lowest BCUT2D eigenvalue weighted by Crippen LogP contribution is -2.33. The van der Waals surface area contributed by atoms with Crippen LogP contribution in [0.4, 0.5) is 0 Å². The molecule has 0 spiro atoms. The van der Waals surface area contributed by atoms with E-state index in [1.165, 1.54) is 6.08 Å². The second-order valence-electron chi connectivity index (χ2n) is 6.26. The van der Waals surface area contributed by atoms with Crippen molar-refractivity contribution in [3.05, 3.63) is 37.7 Å². The van der Waals surface area contributed by atoms with E-state index in [0.717, 1.165) is 25.5 Å². The molecule has 0 aromatic heterocycles. The fourth-order valence-corrected chi connectivity index (χ4v) is 4.14. The second kappa shape index (κ2) is 12.0. The Morgan fingerprint density at radius 3 is 2.54 bits per heavy atom. The van der Waals surface area contributed by atoms with Gasteiger partial charge in [-0.15, -0.1) is 6.58 Å². The molecule has 146 valence electrons. The third-order valence-corrected chi connectivity index (χ3v) is 5.88. The highest BCUT2D eigenvalue weighted by Gasteiger charge is 2.30. The van der Waals surface area contributed by atoms with Crippen LogP contribution in [0.1, 0.15) is 33.1 Å². The molecule has 0 aliphatic heterocycles. The van der Waals surface area contributed by atoms with Crippen molar-refractivity contribution in [2.75, 3.05) is 7.05 Å². The van der Waals surface area contributed by atoms with Crippen molar-refractivity contribution in [1.29, 1.82) is 0 Å². The van der Waals surface area contributed by atoms with Gasteiger partial charge in [-0.3, -0.25) is 15.0 Å². The first-order chi connectivity index (χ1) is 12.4. The van der Waals surface area contributed by atoms with Crippen molar-refractivity contribution in [2.24, 2.45) is 0 Å². The number of aldehydes is 1. The van der Waals surface area contributed by atoms with E-state index in [1.54, 1.807) is 32.4 Å². The number of nitrogens with zero attached hydrogens (tertiary/aromatic N) is 1. The number of carbonyl (C=O) groups excluding carboxylic acids is 2. The molecule has 5 unspecified atom stereocenters. The van der Waals surface area contributed by atoms with Gasteiger partial charge in [0.1, 0.15) is 6.29 Å². The molecule has 0 aromatic carbocycles. The highest BCUT2D eigenvalue weighted by atomic mass is 31.2. The van der Waals surface area contributed by atoms with Gasteiger partial charge < -0.3 is 19.5 Å². The summed E-state index contributed by atoms with van der Waals surface area (Å²) in [6, 6.07) is 0.0170. The number of likely N-dealkylation sites (N-methyl/N-ethyl adjacent to an activating group) is 1. The van der Waals surface area contributed by atoms with Crippen LogP contribution in [0.15, 0.2) is 37.7 Å². The zero-order valence-electron chi connectivity index (χ0n) is 15.9. The van der Waals surface area contributed by atoms with Crippen molar-refractivity contribution in [2.45, 2.75) is 57.3 Å². The molecule has 1 saturated carbocycles. The first-order valence-corrected chi connectivity index (χ1v) is 10.1. The maximum Gasteiger partial charge on any atom is 0.245 e. The average molecular weight is 382 g/mol. The lowest BCUT2D eigenvalue weighted by Gasteiger charge is -2.27. The monoisotopic (exact) mass is 382 g/mol. The second-order valence-corrected chi connectivity index (χ2v) is 7.57. The topological polar surface area (TPSA) is 82.7 Å². The third-order valence-electron chi connectivity index (χ3n) is 4.09. The number of carbonyl (C=O) groups is 2. The summed E-state index contributed by atoms with van der Waals surface area (Å²) in [4.78, 5) is 24.3. The third kappa shape index (κ3) is 7.79. The highest BCUT2D eigenvalue weighted by molar-refractivity contribution is 7.48. The van der Waals surface area contributed by atoms with Gasteiger partial charge in [-0.05, 0) is 39.3 Å². The summed E-state index contributed by atoms with van der Waals surface area (Å²) in [6.45, 7) is 11.4. The Kier molecular flexibility index (Phi) is 10.4. The van der Waals surface area contributed by atoms with Gasteiger partial charge >= 0.3 is 0 Å². The van der Waals surface area contributed by atoms with Gasteiger partial charge in [-0.25, -0.2) is 0 Å². The van der Waals surface area contributed by atoms with Crippen LogP contribution in [0.3, 0.4) is 0 Å². The van der Waals surface area contributed by atoms with E-state index in [4.69, 9.17) is 4.52 Å². The summed E-state index contributed by atoms with van der Waals surface area (Å²) in [5.41, 5.74) is 0. The van der Waals surface area contributed by atoms with Crippen LogP contribution in [0.5, 0.6) is 0 Å². The van der Waals surface area contributed by atoms with E-state index in [-0.39, 0.29) is 30.1 Å². The SMILES string of the molecule is C=CC(C)NP(NC(C)C=O)OC1CCC(N(C=C)/C=C\C(=O)NC)C1. The van der Waals surface area contributed by atoms with Crippen molar-refractivity contribution in [3.8, 4) is 0 Å². The molecule has 8 heteroatoms. The molecule has 1 aliphatic carbocycles. The number of amides is 1. The molecular weight excluding hydrogens is 351 g/mol. The lowest BCUT2D eigenvalue weighted by molar-refractivity contribution is -0.116. The van der Waals surface area contributed by atoms with E-state index >= 15 is 0 Å². The van der Waals surface area contributed by atoms with Crippen molar-refractivity contribution in [1.82, 2.24) is 20.4 Å². The van der Waals surface area contributed by atoms with Gasteiger partial charge in [0, 0.05) is 31.4 Å². The summed E-state index contributed by atoms with van der Waals surface area (Å²) < 4.78 is 6.20. The molecular formula is C18H31N4O3P. The van der Waals surface area contributed by atoms with E-state index in [9.17, 15) is 9.59 Å². The maximum absolute atomic E-state index is 11.4. The Balaban J connectivity index is 2.64. The van der Waals surface area contributed by atoms with E-state index < -0.39 is 8.45 Å². The summed E-state index contributed by atoms with van der Waals surface area (Å²) >= 11 is 0. The number of hydrogen-bond acceptors (Lipinski definition) is 6. The van der Waals surface area contributed by atoms with Gasteiger partial charge in [-0.1, -0.05) is 12.7 Å². The van der Waals surface area contributed by atoms with Crippen LogP contribution in [-0.2, 0) is 14.1 Å².